The van der Waals surface area contributed by atoms with E-state index in [1.54, 1.807) is 29.2 Å². The molecule has 84 valence electrons. The minimum absolute atomic E-state index is 0.223. The second kappa shape index (κ2) is 5.29. The van der Waals surface area contributed by atoms with Gasteiger partial charge in [-0.1, -0.05) is 17.8 Å². The molecule has 0 fully saturated rings. The third-order valence-electron chi connectivity index (χ3n) is 1.94. The van der Waals surface area contributed by atoms with Crippen LogP contribution in [0.25, 0.3) is 0 Å². The highest BCUT2D eigenvalue weighted by Crippen LogP contribution is 2.27. The molecule has 0 radical (unpaired) electrons. The van der Waals surface area contributed by atoms with Crippen LogP contribution in [0, 0.1) is 12.7 Å². The lowest BCUT2D eigenvalue weighted by molar-refractivity contribution is 0.620. The maximum atomic E-state index is 13.0. The topological polar surface area (TPSA) is 12.9 Å². The summed E-state index contributed by atoms with van der Waals surface area (Å²) in [5.41, 5.74) is 2.14. The summed E-state index contributed by atoms with van der Waals surface area (Å²) in [5.74, 6) is 0.588. The van der Waals surface area contributed by atoms with E-state index in [1.807, 2.05) is 18.4 Å². The standard InChI is InChI=1S/C11H9BrFNS2/c1-7-5-15-11(14-7)16-6-8-2-3-10(13)9(12)4-8/h2-5H,6H2,1H3. The van der Waals surface area contributed by atoms with Crippen molar-refractivity contribution in [1.29, 1.82) is 0 Å². The lowest BCUT2D eigenvalue weighted by atomic mass is 10.2. The molecule has 5 heteroatoms. The zero-order valence-corrected chi connectivity index (χ0v) is 11.8. The number of halogens is 2. The highest BCUT2D eigenvalue weighted by molar-refractivity contribution is 9.10. The second-order valence-electron chi connectivity index (χ2n) is 3.29. The van der Waals surface area contributed by atoms with Crippen LogP contribution in [-0.2, 0) is 5.75 Å². The minimum atomic E-state index is -0.223. The predicted octanol–water partition coefficient (Wildman–Crippen LogP) is 4.65. The smallest absolute Gasteiger partial charge is 0.150 e. The van der Waals surface area contributed by atoms with Gasteiger partial charge in [0.25, 0.3) is 0 Å². The fourth-order valence-corrected chi connectivity index (χ4v) is 3.39. The monoisotopic (exact) mass is 317 g/mol. The molecule has 2 rings (SSSR count). The Bertz CT molecular complexity index is 498. The van der Waals surface area contributed by atoms with Crippen molar-refractivity contribution in [3.8, 4) is 0 Å². The van der Waals surface area contributed by atoms with Gasteiger partial charge >= 0.3 is 0 Å². The Kier molecular flexibility index (Phi) is 4.00. The van der Waals surface area contributed by atoms with Crippen LogP contribution in [0.5, 0.6) is 0 Å². The fraction of sp³-hybridized carbons (Fsp3) is 0.182. The van der Waals surface area contributed by atoms with Crippen LogP contribution in [-0.4, -0.2) is 4.98 Å². The molecular formula is C11H9BrFNS2. The Balaban J connectivity index is 2.02. The molecule has 0 unspecified atom stereocenters. The van der Waals surface area contributed by atoms with Gasteiger partial charge in [-0.3, -0.25) is 0 Å². The molecule has 0 amide bonds. The van der Waals surface area contributed by atoms with Crippen LogP contribution in [0.15, 0.2) is 32.4 Å². The molecule has 0 spiro atoms. The van der Waals surface area contributed by atoms with Crippen LogP contribution < -0.4 is 0 Å². The van der Waals surface area contributed by atoms with Gasteiger partial charge in [-0.05, 0) is 40.5 Å². The number of hydrogen-bond acceptors (Lipinski definition) is 3. The van der Waals surface area contributed by atoms with Crippen molar-refractivity contribution in [3.05, 3.63) is 45.1 Å². The quantitative estimate of drug-likeness (QED) is 0.764. The summed E-state index contributed by atoms with van der Waals surface area (Å²) >= 11 is 6.49. The zero-order valence-electron chi connectivity index (χ0n) is 8.54. The van der Waals surface area contributed by atoms with Crippen molar-refractivity contribution >= 4 is 39.0 Å². The van der Waals surface area contributed by atoms with E-state index < -0.39 is 0 Å². The number of thioether (sulfide) groups is 1. The summed E-state index contributed by atoms with van der Waals surface area (Å²) < 4.78 is 14.6. The van der Waals surface area contributed by atoms with E-state index in [0.717, 1.165) is 21.3 Å². The van der Waals surface area contributed by atoms with Crippen molar-refractivity contribution in [2.75, 3.05) is 0 Å². The first kappa shape index (κ1) is 12.1. The summed E-state index contributed by atoms with van der Waals surface area (Å²) in [6, 6.07) is 5.09. The highest BCUT2D eigenvalue weighted by atomic mass is 79.9. The molecule has 1 aromatic heterocycles. The Morgan fingerprint density at radius 2 is 2.31 bits per heavy atom. The number of nitrogens with zero attached hydrogens (tertiary/aromatic N) is 1. The molecule has 1 nitrogen and oxygen atoms in total. The van der Waals surface area contributed by atoms with E-state index in [2.05, 4.69) is 20.9 Å². The van der Waals surface area contributed by atoms with E-state index >= 15 is 0 Å². The number of rotatable bonds is 3. The Labute approximate surface area is 110 Å². The highest BCUT2D eigenvalue weighted by Gasteiger charge is 2.03. The molecule has 0 bridgehead atoms. The van der Waals surface area contributed by atoms with Crippen LogP contribution in [0.1, 0.15) is 11.3 Å². The average Bonchev–Trinajstić information content (AvgIpc) is 2.66. The lowest BCUT2D eigenvalue weighted by Crippen LogP contribution is -1.83. The molecule has 0 saturated heterocycles. The summed E-state index contributed by atoms with van der Waals surface area (Å²) in [6.07, 6.45) is 0. The molecule has 0 saturated carbocycles. The van der Waals surface area contributed by atoms with Crippen molar-refractivity contribution in [1.82, 2.24) is 4.98 Å². The maximum Gasteiger partial charge on any atom is 0.150 e. The SMILES string of the molecule is Cc1csc(SCc2ccc(F)c(Br)c2)n1. The average molecular weight is 318 g/mol. The zero-order chi connectivity index (χ0) is 11.5. The lowest BCUT2D eigenvalue weighted by Gasteiger charge is -2.00. The van der Waals surface area contributed by atoms with Crippen LogP contribution in [0.4, 0.5) is 4.39 Å². The summed E-state index contributed by atoms with van der Waals surface area (Å²) in [7, 11) is 0. The third kappa shape index (κ3) is 3.06. The third-order valence-corrected chi connectivity index (χ3v) is 4.76. The van der Waals surface area contributed by atoms with E-state index in [-0.39, 0.29) is 5.82 Å². The molecule has 1 aromatic carbocycles. The number of aromatic nitrogens is 1. The molecular weight excluding hydrogens is 309 g/mol. The van der Waals surface area contributed by atoms with Gasteiger partial charge in [0.15, 0.2) is 0 Å². The number of hydrogen-bond donors (Lipinski definition) is 0. The molecule has 1 heterocycles. The van der Waals surface area contributed by atoms with Crippen LogP contribution >= 0.6 is 39.0 Å². The first-order chi connectivity index (χ1) is 7.65. The van der Waals surface area contributed by atoms with Gasteiger partial charge in [-0.2, -0.15) is 0 Å². The van der Waals surface area contributed by atoms with Crippen LogP contribution in [0.2, 0.25) is 0 Å². The Morgan fingerprint density at radius 1 is 1.50 bits per heavy atom. The first-order valence-electron chi connectivity index (χ1n) is 4.64. The molecule has 16 heavy (non-hydrogen) atoms. The van der Waals surface area contributed by atoms with Gasteiger partial charge in [0.1, 0.15) is 10.2 Å². The predicted molar refractivity (Wildman–Crippen MR) is 70.5 cm³/mol. The molecule has 0 aliphatic carbocycles. The van der Waals surface area contributed by atoms with Crippen molar-refractivity contribution < 1.29 is 4.39 Å². The minimum Gasteiger partial charge on any atom is -0.235 e. The molecule has 2 aromatic rings. The summed E-state index contributed by atoms with van der Waals surface area (Å²) in [4.78, 5) is 4.36. The summed E-state index contributed by atoms with van der Waals surface area (Å²) in [6.45, 7) is 1.98. The number of thiazole rings is 1. The number of benzene rings is 1. The van der Waals surface area contributed by atoms with E-state index in [9.17, 15) is 4.39 Å². The largest absolute Gasteiger partial charge is 0.235 e. The van der Waals surface area contributed by atoms with Gasteiger partial charge in [0.2, 0.25) is 0 Å². The van der Waals surface area contributed by atoms with E-state index in [1.165, 1.54) is 6.07 Å². The van der Waals surface area contributed by atoms with Gasteiger partial charge in [-0.25, -0.2) is 9.37 Å². The Morgan fingerprint density at radius 3 is 2.94 bits per heavy atom. The number of aryl methyl sites for hydroxylation is 1. The van der Waals surface area contributed by atoms with Crippen LogP contribution in [0.3, 0.4) is 0 Å². The molecule has 0 N–H and O–H groups in total. The Hall–Kier alpha value is -0.390. The fourth-order valence-electron chi connectivity index (χ4n) is 1.17. The second-order valence-corrected chi connectivity index (χ2v) is 6.23. The van der Waals surface area contributed by atoms with Gasteiger partial charge in [-0.15, -0.1) is 11.3 Å². The van der Waals surface area contributed by atoms with E-state index in [0.29, 0.717) is 4.47 Å². The summed E-state index contributed by atoms with van der Waals surface area (Å²) in [5, 5.41) is 2.03. The molecule has 0 aliphatic heterocycles. The maximum absolute atomic E-state index is 13.0. The van der Waals surface area contributed by atoms with Gasteiger partial charge in [0.05, 0.1) is 4.47 Å². The molecule has 0 aliphatic rings. The first-order valence-corrected chi connectivity index (χ1v) is 7.30. The molecule has 0 atom stereocenters. The normalized spacial score (nSPS) is 10.7. The van der Waals surface area contributed by atoms with Gasteiger partial charge < -0.3 is 0 Å². The van der Waals surface area contributed by atoms with Crippen molar-refractivity contribution in [2.45, 2.75) is 17.0 Å². The van der Waals surface area contributed by atoms with E-state index in [4.69, 9.17) is 0 Å². The van der Waals surface area contributed by atoms with Crippen molar-refractivity contribution in [3.63, 3.8) is 0 Å². The van der Waals surface area contributed by atoms with Crippen molar-refractivity contribution in [2.24, 2.45) is 0 Å². The van der Waals surface area contributed by atoms with Gasteiger partial charge in [0, 0.05) is 16.8 Å².